The molecule has 1 N–H and O–H groups in total. The van der Waals surface area contributed by atoms with Crippen molar-refractivity contribution >= 4 is 11.2 Å². The van der Waals surface area contributed by atoms with Gasteiger partial charge >= 0.3 is 5.76 Å². The number of nitrogens with zero attached hydrogens (tertiary/aromatic N) is 3. The number of rotatable bonds is 1. The first-order valence-corrected chi connectivity index (χ1v) is 5.78. The lowest BCUT2D eigenvalue weighted by Gasteiger charge is -2.22. The Balaban J connectivity index is 2.18. The summed E-state index contributed by atoms with van der Waals surface area (Å²) in [7, 11) is 1.70. The number of aryl methyl sites for hydroxylation is 1. The van der Waals surface area contributed by atoms with Crippen LogP contribution in [0, 0.1) is 0 Å². The molecule has 0 atom stereocenters. The second kappa shape index (κ2) is 3.96. The van der Waals surface area contributed by atoms with E-state index in [9.17, 15) is 4.79 Å². The van der Waals surface area contributed by atoms with E-state index in [2.05, 4.69) is 15.3 Å². The highest BCUT2D eigenvalue weighted by Crippen LogP contribution is 2.27. The van der Waals surface area contributed by atoms with Crippen LogP contribution in [0.1, 0.15) is 24.5 Å². The molecule has 1 aliphatic heterocycles. The Bertz CT molecular complexity index is 595. The van der Waals surface area contributed by atoms with Crippen molar-refractivity contribution in [3.05, 3.63) is 22.6 Å². The van der Waals surface area contributed by atoms with Gasteiger partial charge in [0.1, 0.15) is 11.8 Å². The first-order valence-electron chi connectivity index (χ1n) is 5.78. The van der Waals surface area contributed by atoms with E-state index in [4.69, 9.17) is 4.42 Å². The highest BCUT2D eigenvalue weighted by atomic mass is 16.4. The predicted octanol–water partition coefficient (Wildman–Crippen LogP) is 0.388. The van der Waals surface area contributed by atoms with Crippen LogP contribution in [0.5, 0.6) is 0 Å². The largest absolute Gasteiger partial charge is 0.421 e. The maximum atomic E-state index is 11.5. The van der Waals surface area contributed by atoms with Gasteiger partial charge in [0.05, 0.1) is 5.69 Å². The van der Waals surface area contributed by atoms with Crippen LogP contribution in [0.25, 0.3) is 11.2 Å². The fourth-order valence-corrected chi connectivity index (χ4v) is 2.40. The van der Waals surface area contributed by atoms with Gasteiger partial charge < -0.3 is 9.73 Å². The van der Waals surface area contributed by atoms with Crippen molar-refractivity contribution in [2.75, 3.05) is 13.1 Å². The molecule has 0 amide bonds. The van der Waals surface area contributed by atoms with Gasteiger partial charge in [-0.05, 0) is 25.9 Å². The zero-order chi connectivity index (χ0) is 11.8. The summed E-state index contributed by atoms with van der Waals surface area (Å²) in [5, 5.41) is 3.32. The molecule has 0 saturated carbocycles. The van der Waals surface area contributed by atoms with Crippen LogP contribution in [0.15, 0.2) is 15.5 Å². The molecule has 90 valence electrons. The second-order valence-corrected chi connectivity index (χ2v) is 4.36. The third-order valence-electron chi connectivity index (χ3n) is 3.34. The predicted molar refractivity (Wildman–Crippen MR) is 61.9 cm³/mol. The molecule has 1 fully saturated rings. The van der Waals surface area contributed by atoms with E-state index >= 15 is 0 Å². The molecule has 1 aliphatic rings. The number of nitrogens with one attached hydrogen (secondary N) is 1. The normalized spacial score (nSPS) is 17.7. The average molecular weight is 234 g/mol. The Morgan fingerprint density at radius 3 is 2.94 bits per heavy atom. The van der Waals surface area contributed by atoms with E-state index in [0.717, 1.165) is 37.1 Å². The Morgan fingerprint density at radius 1 is 1.41 bits per heavy atom. The van der Waals surface area contributed by atoms with Gasteiger partial charge in [0.15, 0.2) is 0 Å². The van der Waals surface area contributed by atoms with Crippen LogP contribution in [-0.2, 0) is 7.05 Å². The van der Waals surface area contributed by atoms with Crippen molar-refractivity contribution in [3.8, 4) is 0 Å². The summed E-state index contributed by atoms with van der Waals surface area (Å²) in [6.45, 7) is 1.98. The van der Waals surface area contributed by atoms with Crippen LogP contribution < -0.4 is 11.1 Å². The number of hydrogen-bond donors (Lipinski definition) is 1. The molecule has 0 aromatic carbocycles. The average Bonchev–Trinajstić information content (AvgIpc) is 2.66. The van der Waals surface area contributed by atoms with E-state index in [0.29, 0.717) is 11.6 Å². The molecule has 0 unspecified atom stereocenters. The van der Waals surface area contributed by atoms with Crippen LogP contribution in [-0.4, -0.2) is 27.6 Å². The molecule has 2 aromatic rings. The molecule has 3 rings (SSSR count). The minimum Gasteiger partial charge on any atom is -0.388 e. The molecule has 3 heterocycles. The van der Waals surface area contributed by atoms with Crippen LogP contribution in [0.3, 0.4) is 0 Å². The van der Waals surface area contributed by atoms with Crippen molar-refractivity contribution in [2.24, 2.45) is 7.05 Å². The van der Waals surface area contributed by atoms with Gasteiger partial charge in [0.2, 0.25) is 0 Å². The summed E-state index contributed by atoms with van der Waals surface area (Å²) in [5.41, 5.74) is 2.07. The summed E-state index contributed by atoms with van der Waals surface area (Å²) < 4.78 is 6.56. The maximum absolute atomic E-state index is 11.5. The van der Waals surface area contributed by atoms with Crippen molar-refractivity contribution in [3.63, 3.8) is 0 Å². The highest BCUT2D eigenvalue weighted by Gasteiger charge is 2.22. The van der Waals surface area contributed by atoms with E-state index in [-0.39, 0.29) is 5.76 Å². The third kappa shape index (κ3) is 1.64. The molecule has 6 heteroatoms. The third-order valence-corrected chi connectivity index (χ3v) is 3.34. The van der Waals surface area contributed by atoms with Gasteiger partial charge in [-0.1, -0.05) is 0 Å². The van der Waals surface area contributed by atoms with Crippen molar-refractivity contribution in [1.82, 2.24) is 19.9 Å². The number of oxazole rings is 1. The van der Waals surface area contributed by atoms with E-state index in [1.54, 1.807) is 7.05 Å². The number of fused-ring (bicyclic) bond motifs is 1. The topological polar surface area (TPSA) is 73.0 Å². The quantitative estimate of drug-likeness (QED) is 0.772. The van der Waals surface area contributed by atoms with Crippen LogP contribution in [0.4, 0.5) is 0 Å². The van der Waals surface area contributed by atoms with Crippen molar-refractivity contribution < 1.29 is 4.42 Å². The molecule has 0 aliphatic carbocycles. The van der Waals surface area contributed by atoms with Gasteiger partial charge in [0.25, 0.3) is 5.71 Å². The van der Waals surface area contributed by atoms with Crippen LogP contribution in [0.2, 0.25) is 0 Å². The minimum absolute atomic E-state index is 0.379. The van der Waals surface area contributed by atoms with E-state index in [1.807, 2.05) is 0 Å². The standard InChI is InChI=1S/C11H14N4O2/c1-15-9-8(7-2-4-12-5-3-7)13-6-14-10(9)17-11(15)16/h6-7,12H,2-5H2,1H3. The first kappa shape index (κ1) is 10.5. The Kier molecular flexibility index (Phi) is 2.44. The molecule has 1 saturated heterocycles. The van der Waals surface area contributed by atoms with Gasteiger partial charge in [0, 0.05) is 13.0 Å². The highest BCUT2D eigenvalue weighted by molar-refractivity contribution is 5.71. The summed E-state index contributed by atoms with van der Waals surface area (Å²) >= 11 is 0. The Labute approximate surface area is 97.7 Å². The smallest absolute Gasteiger partial charge is 0.388 e. The molecule has 0 radical (unpaired) electrons. The van der Waals surface area contributed by atoms with Gasteiger partial charge in [-0.2, -0.15) is 4.98 Å². The Morgan fingerprint density at radius 2 is 2.18 bits per heavy atom. The zero-order valence-corrected chi connectivity index (χ0v) is 9.64. The summed E-state index contributed by atoms with van der Waals surface area (Å²) in [6.07, 6.45) is 3.54. The van der Waals surface area contributed by atoms with Crippen molar-refractivity contribution in [2.45, 2.75) is 18.8 Å². The fourth-order valence-electron chi connectivity index (χ4n) is 2.40. The molecular formula is C11H14N4O2. The van der Waals surface area contributed by atoms with Gasteiger partial charge in [-0.3, -0.25) is 4.57 Å². The van der Waals surface area contributed by atoms with E-state index in [1.165, 1.54) is 10.9 Å². The Hall–Kier alpha value is -1.69. The fraction of sp³-hybridized carbons (Fsp3) is 0.545. The number of aromatic nitrogens is 3. The maximum Gasteiger partial charge on any atom is 0.421 e. The first-order chi connectivity index (χ1) is 8.27. The molecule has 17 heavy (non-hydrogen) atoms. The van der Waals surface area contributed by atoms with Crippen molar-refractivity contribution in [1.29, 1.82) is 0 Å². The molecule has 0 bridgehead atoms. The molecule has 2 aromatic heterocycles. The molecule has 6 nitrogen and oxygen atoms in total. The summed E-state index contributed by atoms with van der Waals surface area (Å²) in [5.74, 6) is 0.000587. The zero-order valence-electron chi connectivity index (χ0n) is 9.64. The number of hydrogen-bond acceptors (Lipinski definition) is 5. The minimum atomic E-state index is -0.379. The van der Waals surface area contributed by atoms with Gasteiger partial charge in [-0.15, -0.1) is 0 Å². The molecule has 0 spiro atoms. The summed E-state index contributed by atoms with van der Waals surface area (Å²) in [4.78, 5) is 19.8. The SMILES string of the molecule is Cn1c(=O)oc2ncnc(C3CCNCC3)c21. The second-order valence-electron chi connectivity index (χ2n) is 4.36. The van der Waals surface area contributed by atoms with Gasteiger partial charge in [-0.25, -0.2) is 9.78 Å². The number of piperidine rings is 1. The lowest BCUT2D eigenvalue weighted by atomic mass is 9.94. The lowest BCUT2D eigenvalue weighted by Crippen LogP contribution is -2.27. The summed E-state index contributed by atoms with van der Waals surface area (Å²) in [6, 6.07) is 0. The monoisotopic (exact) mass is 234 g/mol. The van der Waals surface area contributed by atoms with Crippen LogP contribution >= 0.6 is 0 Å². The molecular weight excluding hydrogens is 220 g/mol. The lowest BCUT2D eigenvalue weighted by molar-refractivity contribution is 0.454. The van der Waals surface area contributed by atoms with E-state index < -0.39 is 0 Å².